The minimum atomic E-state index is -5.17. The van der Waals surface area contributed by atoms with Crippen molar-refractivity contribution in [3.63, 3.8) is 0 Å². The van der Waals surface area contributed by atoms with E-state index in [1.54, 1.807) is 0 Å². The number of rotatable bonds is 38. The Morgan fingerprint density at radius 1 is 0.392 bits per heavy atom. The Kier molecular flexibility index (Phi) is 59.1. The van der Waals surface area contributed by atoms with E-state index in [1.807, 2.05) is 0 Å². The monoisotopic (exact) mass is 758 g/mol. The molecule has 0 aromatic rings. The zero-order chi connectivity index (χ0) is 37.7. The van der Waals surface area contributed by atoms with Crippen LogP contribution in [0.3, 0.4) is 0 Å². The van der Waals surface area contributed by atoms with Crippen molar-refractivity contribution in [2.75, 3.05) is 13.2 Å². The normalized spacial score (nSPS) is 10.9. The van der Waals surface area contributed by atoms with Gasteiger partial charge in [-0.05, 0) is 25.7 Å². The number of carboxylic acid groups (broad SMARTS) is 1. The summed E-state index contributed by atoms with van der Waals surface area (Å²) < 4.78 is 39.9. The van der Waals surface area contributed by atoms with Crippen LogP contribution in [0.15, 0.2) is 0 Å². The molecule has 304 valence electrons. The molecule has 0 heterocycles. The molecule has 0 amide bonds. The van der Waals surface area contributed by atoms with Crippen molar-refractivity contribution in [2.45, 2.75) is 252 Å². The van der Waals surface area contributed by atoms with Gasteiger partial charge in [-0.25, -0.2) is 0 Å². The van der Waals surface area contributed by atoms with Crippen LogP contribution < -0.4 is 5.11 Å². The van der Waals surface area contributed by atoms with Crippen molar-refractivity contribution in [1.82, 2.24) is 0 Å². The Balaban J connectivity index is -0.000000381. The largest absolute Gasteiger partial charge is 2.00 e. The molecule has 0 bridgehead atoms. The van der Waals surface area contributed by atoms with Gasteiger partial charge in [0, 0.05) is 29.6 Å². The third kappa shape index (κ3) is 75.8. The van der Waals surface area contributed by atoms with Gasteiger partial charge in [0.25, 0.3) is 0 Å². The van der Waals surface area contributed by atoms with E-state index in [0.717, 1.165) is 26.1 Å². The maximum atomic E-state index is 10.2. The molecular formula is C42H85MgO7S-. The Hall–Kier alpha value is 0.0662. The molecule has 0 atom stereocenters. The maximum absolute atomic E-state index is 10.2. The van der Waals surface area contributed by atoms with Crippen LogP contribution in [0.2, 0.25) is 0 Å². The summed E-state index contributed by atoms with van der Waals surface area (Å²) in [5.41, 5.74) is 0. The summed E-state index contributed by atoms with van der Waals surface area (Å²) >= 11 is 0. The molecule has 0 aromatic heterocycles. The van der Waals surface area contributed by atoms with Crippen molar-refractivity contribution < 1.29 is 32.2 Å². The molecule has 0 saturated heterocycles. The summed E-state index contributed by atoms with van der Waals surface area (Å²) in [5, 5.41) is 10.2. The minimum absolute atomic E-state index is 0. The Morgan fingerprint density at radius 2 is 0.569 bits per heavy atom. The van der Waals surface area contributed by atoms with E-state index in [-0.39, 0.29) is 29.5 Å². The summed E-state index contributed by atoms with van der Waals surface area (Å²) in [7, 11) is -5.17. The van der Waals surface area contributed by atoms with Crippen molar-refractivity contribution >= 4 is 39.4 Å². The van der Waals surface area contributed by atoms with Crippen LogP contribution in [0.5, 0.6) is 0 Å². The van der Waals surface area contributed by atoms with Gasteiger partial charge in [-0.2, -0.15) is 0 Å². The summed E-state index contributed by atoms with van der Waals surface area (Å²) in [4.78, 5) is 10.2. The Morgan fingerprint density at radius 3 is 0.765 bits per heavy atom. The van der Waals surface area contributed by atoms with Crippen molar-refractivity contribution in [2.24, 2.45) is 0 Å². The standard InChI is InChI=1S/C24H50O.C18H36O2.Mg.H2O4S/c1-3-5-7-9-11-13-15-17-19-21-23-25-24-22-20-18-16-14-12-10-8-6-4-2;1-2-3-4-5-6-7-8-9-10-11-12-13-14-15-16-17-18(19)20;;1-5(2,3)4/h3-24H2,1-2H3;2-17H2,1H3,(H,19,20);;(H2,1,2,3,4)/q;;+2;/p-3. The first-order valence-corrected chi connectivity index (χ1v) is 23.0. The molecule has 0 aliphatic carbocycles. The zero-order valence-electron chi connectivity index (χ0n) is 34.3. The average molecular weight is 759 g/mol. The first-order chi connectivity index (χ1) is 24.2. The molecule has 0 radical (unpaired) electrons. The number of unbranched alkanes of at least 4 members (excludes halogenated alkanes) is 32. The first-order valence-electron chi connectivity index (χ1n) is 21.6. The van der Waals surface area contributed by atoms with Gasteiger partial charge in [-0.15, -0.1) is 0 Å². The van der Waals surface area contributed by atoms with Crippen LogP contribution >= 0.6 is 0 Å². The number of hydrogen-bond donors (Lipinski definition) is 0. The van der Waals surface area contributed by atoms with E-state index in [4.69, 9.17) is 22.3 Å². The summed E-state index contributed by atoms with van der Waals surface area (Å²) in [5.74, 6) is -0.903. The fourth-order valence-corrected chi connectivity index (χ4v) is 6.13. The second-order valence-corrected chi connectivity index (χ2v) is 15.3. The van der Waals surface area contributed by atoms with Gasteiger partial charge >= 0.3 is 23.1 Å². The molecule has 0 unspecified atom stereocenters. The molecule has 0 rings (SSSR count). The topological polar surface area (TPSA) is 130 Å². The van der Waals surface area contributed by atoms with Gasteiger partial charge < -0.3 is 23.7 Å². The van der Waals surface area contributed by atoms with E-state index in [0.29, 0.717) is 0 Å². The second-order valence-electron chi connectivity index (χ2n) is 14.5. The average Bonchev–Trinajstić information content (AvgIpc) is 3.06. The van der Waals surface area contributed by atoms with Crippen LogP contribution in [-0.2, 0) is 19.9 Å². The third-order valence-corrected chi connectivity index (χ3v) is 9.27. The molecule has 0 aromatic carbocycles. The molecule has 51 heavy (non-hydrogen) atoms. The molecule has 7 nitrogen and oxygen atoms in total. The molecule has 0 saturated carbocycles. The maximum Gasteiger partial charge on any atom is 2.00 e. The number of ether oxygens (including phenoxy) is 1. The van der Waals surface area contributed by atoms with Crippen LogP contribution in [-0.4, -0.2) is 59.8 Å². The predicted octanol–water partition coefficient (Wildman–Crippen LogP) is 12.1. The molecule has 9 heteroatoms. The predicted molar refractivity (Wildman–Crippen MR) is 215 cm³/mol. The molecule has 0 aliphatic rings. The zero-order valence-corrected chi connectivity index (χ0v) is 36.6. The third-order valence-electron chi connectivity index (χ3n) is 9.27. The van der Waals surface area contributed by atoms with Crippen molar-refractivity contribution in [3.05, 3.63) is 0 Å². The van der Waals surface area contributed by atoms with Crippen LogP contribution in [0.1, 0.15) is 252 Å². The number of carbonyl (C=O) groups is 1. The molecule has 0 N–H and O–H groups in total. The number of carboxylic acids is 1. The van der Waals surface area contributed by atoms with E-state index in [2.05, 4.69) is 20.8 Å². The van der Waals surface area contributed by atoms with Gasteiger partial charge in [0.1, 0.15) is 0 Å². The van der Waals surface area contributed by atoms with Gasteiger partial charge in [-0.3, -0.25) is 8.42 Å². The van der Waals surface area contributed by atoms with Gasteiger partial charge in [0.15, 0.2) is 0 Å². The fraction of sp³-hybridized carbons (Fsp3) is 0.976. The van der Waals surface area contributed by atoms with Crippen molar-refractivity contribution in [1.29, 1.82) is 0 Å². The van der Waals surface area contributed by atoms with E-state index >= 15 is 0 Å². The Bertz CT molecular complexity index is 692. The van der Waals surface area contributed by atoms with Crippen LogP contribution in [0.4, 0.5) is 0 Å². The first kappa shape index (κ1) is 57.8. The summed E-state index contributed by atoms with van der Waals surface area (Å²) in [6.45, 7) is 8.84. The molecular weight excluding hydrogens is 673 g/mol. The summed E-state index contributed by atoms with van der Waals surface area (Å²) in [6, 6.07) is 0. The fourth-order valence-electron chi connectivity index (χ4n) is 6.13. The van der Waals surface area contributed by atoms with Crippen molar-refractivity contribution in [3.8, 4) is 0 Å². The quantitative estimate of drug-likeness (QED) is 0.0265. The van der Waals surface area contributed by atoms with Crippen LogP contribution in [0, 0.1) is 0 Å². The molecule has 0 spiro atoms. The van der Waals surface area contributed by atoms with E-state index in [9.17, 15) is 9.90 Å². The van der Waals surface area contributed by atoms with Gasteiger partial charge in [-0.1, -0.05) is 226 Å². The Labute approximate surface area is 335 Å². The van der Waals surface area contributed by atoms with Gasteiger partial charge in [0.2, 0.25) is 0 Å². The number of carbonyl (C=O) groups excluding carboxylic acids is 1. The van der Waals surface area contributed by atoms with E-state index < -0.39 is 16.4 Å². The van der Waals surface area contributed by atoms with Crippen LogP contribution in [0.25, 0.3) is 0 Å². The van der Waals surface area contributed by atoms with E-state index in [1.165, 1.54) is 212 Å². The molecule has 0 aliphatic heterocycles. The molecule has 0 fully saturated rings. The SMILES string of the molecule is CCCCCCCCCCCCCCCCCC(=O)[O-].CCCCCCCCCCCCOCCCCCCCCCCCC.O=S(=O)([O-])[O-].[Mg+2]. The summed E-state index contributed by atoms with van der Waals surface area (Å²) in [6.07, 6.45) is 48.0. The second kappa shape index (κ2) is 52.2. The minimum Gasteiger partial charge on any atom is -0.759 e. The number of aliphatic carboxylic acids is 1. The van der Waals surface area contributed by atoms with Gasteiger partial charge in [0.05, 0.1) is 0 Å². The number of hydrogen-bond acceptors (Lipinski definition) is 7. The smallest absolute Gasteiger partial charge is 0.759 e.